The van der Waals surface area contributed by atoms with Crippen molar-refractivity contribution in [1.82, 2.24) is 0 Å². The van der Waals surface area contributed by atoms with Gasteiger partial charge in [0.25, 0.3) is 0 Å². The molecule has 0 aliphatic rings. The van der Waals surface area contributed by atoms with Gasteiger partial charge in [-0.2, -0.15) is 0 Å². The van der Waals surface area contributed by atoms with Crippen molar-refractivity contribution in [3.63, 3.8) is 0 Å². The van der Waals surface area contributed by atoms with Crippen LogP contribution in [0.3, 0.4) is 0 Å². The molecule has 2 aromatic carbocycles. The highest BCUT2D eigenvalue weighted by atomic mass is 127. The summed E-state index contributed by atoms with van der Waals surface area (Å²) in [6.07, 6.45) is 0. The molecule has 0 amide bonds. The standard InChI is InChI=1S/C15H13IO2/c1-2-18-14-8-6-11(7-9-14)15(17)12-4-3-5-13(16)10-12/h3-10H,2H2,1H3. The molecule has 92 valence electrons. The van der Waals surface area contributed by atoms with Gasteiger partial charge in [0.1, 0.15) is 5.75 Å². The second-order valence-corrected chi connectivity index (χ2v) is 5.04. The summed E-state index contributed by atoms with van der Waals surface area (Å²) in [5.74, 6) is 0.827. The Kier molecular flexibility index (Phi) is 4.36. The Morgan fingerprint density at radius 3 is 2.44 bits per heavy atom. The summed E-state index contributed by atoms with van der Waals surface area (Å²) in [5, 5.41) is 0. The van der Waals surface area contributed by atoms with Crippen molar-refractivity contribution in [3.8, 4) is 5.75 Å². The van der Waals surface area contributed by atoms with Gasteiger partial charge in [-0.25, -0.2) is 0 Å². The van der Waals surface area contributed by atoms with Crippen LogP contribution in [0.4, 0.5) is 0 Å². The predicted molar refractivity (Wildman–Crippen MR) is 80.2 cm³/mol. The minimum absolute atomic E-state index is 0.0385. The van der Waals surface area contributed by atoms with E-state index in [4.69, 9.17) is 4.74 Å². The van der Waals surface area contributed by atoms with E-state index in [-0.39, 0.29) is 5.78 Å². The van der Waals surface area contributed by atoms with Gasteiger partial charge in [0, 0.05) is 14.7 Å². The van der Waals surface area contributed by atoms with E-state index >= 15 is 0 Å². The normalized spacial score (nSPS) is 10.1. The summed E-state index contributed by atoms with van der Waals surface area (Å²) < 4.78 is 6.41. The van der Waals surface area contributed by atoms with Gasteiger partial charge in [-0.05, 0) is 65.9 Å². The largest absolute Gasteiger partial charge is 0.494 e. The monoisotopic (exact) mass is 352 g/mol. The first kappa shape index (κ1) is 13.1. The highest BCUT2D eigenvalue weighted by molar-refractivity contribution is 14.1. The van der Waals surface area contributed by atoms with Gasteiger partial charge in [-0.3, -0.25) is 4.79 Å². The van der Waals surface area contributed by atoms with Crippen molar-refractivity contribution in [3.05, 3.63) is 63.2 Å². The quantitative estimate of drug-likeness (QED) is 0.616. The lowest BCUT2D eigenvalue weighted by atomic mass is 10.0. The number of rotatable bonds is 4. The van der Waals surface area contributed by atoms with Crippen molar-refractivity contribution in [1.29, 1.82) is 0 Å². The molecular weight excluding hydrogens is 339 g/mol. The fourth-order valence-corrected chi connectivity index (χ4v) is 2.21. The zero-order valence-corrected chi connectivity index (χ0v) is 12.2. The molecule has 0 fully saturated rings. The summed E-state index contributed by atoms with van der Waals surface area (Å²) in [7, 11) is 0. The molecule has 0 N–H and O–H groups in total. The third kappa shape index (κ3) is 3.10. The minimum atomic E-state index is 0.0385. The minimum Gasteiger partial charge on any atom is -0.494 e. The molecule has 18 heavy (non-hydrogen) atoms. The van der Waals surface area contributed by atoms with Gasteiger partial charge in [0.05, 0.1) is 6.61 Å². The van der Waals surface area contributed by atoms with Gasteiger partial charge >= 0.3 is 0 Å². The van der Waals surface area contributed by atoms with Crippen molar-refractivity contribution in [2.45, 2.75) is 6.92 Å². The Balaban J connectivity index is 2.23. The summed E-state index contributed by atoms with van der Waals surface area (Å²) in [6, 6.07) is 14.8. The lowest BCUT2D eigenvalue weighted by Gasteiger charge is -2.05. The number of hydrogen-bond donors (Lipinski definition) is 0. The van der Waals surface area contributed by atoms with Gasteiger partial charge in [0.2, 0.25) is 0 Å². The summed E-state index contributed by atoms with van der Waals surface area (Å²) >= 11 is 2.20. The first-order valence-electron chi connectivity index (χ1n) is 5.74. The lowest BCUT2D eigenvalue weighted by molar-refractivity contribution is 0.103. The Morgan fingerprint density at radius 1 is 1.11 bits per heavy atom. The summed E-state index contributed by atoms with van der Waals surface area (Å²) in [4.78, 5) is 12.2. The average molecular weight is 352 g/mol. The van der Waals surface area contributed by atoms with E-state index in [2.05, 4.69) is 22.6 Å². The highest BCUT2D eigenvalue weighted by Crippen LogP contribution is 2.16. The molecule has 0 atom stereocenters. The van der Waals surface area contributed by atoms with E-state index in [0.717, 1.165) is 9.32 Å². The second-order valence-electron chi connectivity index (χ2n) is 3.80. The van der Waals surface area contributed by atoms with Crippen LogP contribution in [0.15, 0.2) is 48.5 Å². The van der Waals surface area contributed by atoms with Crippen LogP contribution < -0.4 is 4.74 Å². The van der Waals surface area contributed by atoms with Gasteiger partial charge < -0.3 is 4.74 Å². The number of hydrogen-bond acceptors (Lipinski definition) is 2. The zero-order valence-electron chi connectivity index (χ0n) is 10.0. The molecule has 0 radical (unpaired) electrons. The van der Waals surface area contributed by atoms with Crippen LogP contribution in [0, 0.1) is 3.57 Å². The molecule has 0 bridgehead atoms. The first-order valence-corrected chi connectivity index (χ1v) is 6.81. The van der Waals surface area contributed by atoms with Crippen molar-refractivity contribution >= 4 is 28.4 Å². The zero-order chi connectivity index (χ0) is 13.0. The van der Waals surface area contributed by atoms with E-state index in [1.807, 2.05) is 43.3 Å². The fourth-order valence-electron chi connectivity index (χ4n) is 1.67. The SMILES string of the molecule is CCOc1ccc(C(=O)c2cccc(I)c2)cc1. The number of carbonyl (C=O) groups is 1. The maximum absolute atomic E-state index is 12.2. The molecule has 2 nitrogen and oxygen atoms in total. The molecular formula is C15H13IO2. The number of benzene rings is 2. The maximum Gasteiger partial charge on any atom is 0.193 e. The van der Waals surface area contributed by atoms with Crippen molar-refractivity contribution in [2.75, 3.05) is 6.61 Å². The predicted octanol–water partition coefficient (Wildman–Crippen LogP) is 3.92. The molecule has 3 heteroatoms. The van der Waals surface area contributed by atoms with Crippen molar-refractivity contribution < 1.29 is 9.53 Å². The molecule has 0 saturated carbocycles. The van der Waals surface area contributed by atoms with E-state index in [1.54, 1.807) is 12.1 Å². The molecule has 0 spiro atoms. The van der Waals surface area contributed by atoms with E-state index in [1.165, 1.54) is 0 Å². The van der Waals surface area contributed by atoms with Crippen LogP contribution in [0.25, 0.3) is 0 Å². The average Bonchev–Trinajstić information content (AvgIpc) is 2.39. The Morgan fingerprint density at radius 2 is 1.83 bits per heavy atom. The van der Waals surface area contributed by atoms with E-state index in [9.17, 15) is 4.79 Å². The van der Waals surface area contributed by atoms with Gasteiger partial charge in [-0.15, -0.1) is 0 Å². The smallest absolute Gasteiger partial charge is 0.193 e. The Labute approximate surface area is 120 Å². The van der Waals surface area contributed by atoms with E-state index in [0.29, 0.717) is 17.7 Å². The Hall–Kier alpha value is -1.36. The molecule has 0 aromatic heterocycles. The third-order valence-electron chi connectivity index (χ3n) is 2.51. The van der Waals surface area contributed by atoms with Crippen molar-refractivity contribution in [2.24, 2.45) is 0 Å². The van der Waals surface area contributed by atoms with E-state index < -0.39 is 0 Å². The number of ether oxygens (including phenoxy) is 1. The third-order valence-corrected chi connectivity index (χ3v) is 3.19. The van der Waals surface area contributed by atoms with Crippen LogP contribution >= 0.6 is 22.6 Å². The molecule has 0 saturated heterocycles. The molecule has 0 aliphatic heterocycles. The van der Waals surface area contributed by atoms with Crippen LogP contribution in [0.1, 0.15) is 22.8 Å². The lowest BCUT2D eigenvalue weighted by Crippen LogP contribution is -2.01. The van der Waals surface area contributed by atoms with Crippen LogP contribution in [-0.4, -0.2) is 12.4 Å². The maximum atomic E-state index is 12.2. The highest BCUT2D eigenvalue weighted by Gasteiger charge is 2.09. The van der Waals surface area contributed by atoms with Crippen LogP contribution in [-0.2, 0) is 0 Å². The first-order chi connectivity index (χ1) is 8.70. The number of halogens is 1. The summed E-state index contributed by atoms with van der Waals surface area (Å²) in [6.45, 7) is 2.56. The van der Waals surface area contributed by atoms with Crippen LogP contribution in [0.5, 0.6) is 5.75 Å². The number of ketones is 1. The Bertz CT molecular complexity index is 547. The fraction of sp³-hybridized carbons (Fsp3) is 0.133. The number of carbonyl (C=O) groups excluding carboxylic acids is 1. The second kappa shape index (κ2) is 6.00. The molecule has 0 aliphatic carbocycles. The molecule has 0 unspecified atom stereocenters. The van der Waals surface area contributed by atoms with Gasteiger partial charge in [0.15, 0.2) is 5.78 Å². The summed E-state index contributed by atoms with van der Waals surface area (Å²) in [5.41, 5.74) is 1.39. The molecule has 2 aromatic rings. The topological polar surface area (TPSA) is 26.3 Å². The molecule has 0 heterocycles. The van der Waals surface area contributed by atoms with Crippen LogP contribution in [0.2, 0.25) is 0 Å². The molecule has 2 rings (SSSR count). The van der Waals surface area contributed by atoms with Gasteiger partial charge in [-0.1, -0.05) is 12.1 Å².